The molecule has 0 fully saturated rings. The van der Waals surface area contributed by atoms with E-state index in [1.807, 2.05) is 18.2 Å². The van der Waals surface area contributed by atoms with E-state index in [4.69, 9.17) is 4.74 Å². The zero-order chi connectivity index (χ0) is 16.5. The molecule has 0 radical (unpaired) electrons. The van der Waals surface area contributed by atoms with Crippen molar-refractivity contribution < 1.29 is 4.74 Å². The van der Waals surface area contributed by atoms with Gasteiger partial charge in [-0.1, -0.05) is 12.1 Å². The SMILES string of the molecule is COc1cccc2c(NC(C)c3nnc4n3CCCC4)ccnc12. The van der Waals surface area contributed by atoms with E-state index in [0.29, 0.717) is 0 Å². The Morgan fingerprint density at radius 3 is 3.00 bits per heavy atom. The number of benzene rings is 1. The lowest BCUT2D eigenvalue weighted by molar-refractivity contribution is 0.419. The van der Waals surface area contributed by atoms with Gasteiger partial charge in [-0.2, -0.15) is 0 Å². The van der Waals surface area contributed by atoms with Crippen molar-refractivity contribution in [3.63, 3.8) is 0 Å². The van der Waals surface area contributed by atoms with E-state index in [2.05, 4.69) is 38.1 Å². The Morgan fingerprint density at radius 2 is 2.12 bits per heavy atom. The van der Waals surface area contributed by atoms with Crippen molar-refractivity contribution >= 4 is 16.6 Å². The van der Waals surface area contributed by atoms with Crippen LogP contribution in [-0.4, -0.2) is 26.9 Å². The number of aromatic nitrogens is 4. The van der Waals surface area contributed by atoms with Gasteiger partial charge < -0.3 is 14.6 Å². The highest BCUT2D eigenvalue weighted by Crippen LogP contribution is 2.31. The number of hydrogen-bond acceptors (Lipinski definition) is 5. The Hall–Kier alpha value is -2.63. The number of pyridine rings is 1. The summed E-state index contributed by atoms with van der Waals surface area (Å²) in [6, 6.07) is 8.03. The second-order valence-electron chi connectivity index (χ2n) is 6.16. The Bertz CT molecular complexity index is 873. The lowest BCUT2D eigenvalue weighted by Gasteiger charge is -2.20. The van der Waals surface area contributed by atoms with Crippen LogP contribution in [0.5, 0.6) is 5.75 Å². The number of nitrogens with one attached hydrogen (secondary N) is 1. The van der Waals surface area contributed by atoms with Gasteiger partial charge >= 0.3 is 0 Å². The van der Waals surface area contributed by atoms with Crippen LogP contribution in [0, 0.1) is 0 Å². The summed E-state index contributed by atoms with van der Waals surface area (Å²) in [5.74, 6) is 2.88. The molecule has 24 heavy (non-hydrogen) atoms. The van der Waals surface area contributed by atoms with Gasteiger partial charge in [-0.05, 0) is 31.9 Å². The topological polar surface area (TPSA) is 64.9 Å². The summed E-state index contributed by atoms with van der Waals surface area (Å²) in [6.07, 6.45) is 5.23. The molecule has 6 heteroatoms. The Kier molecular flexibility index (Phi) is 3.80. The van der Waals surface area contributed by atoms with Crippen molar-refractivity contribution in [2.45, 2.75) is 38.8 Å². The van der Waals surface area contributed by atoms with Crippen LogP contribution >= 0.6 is 0 Å². The third-order valence-corrected chi connectivity index (χ3v) is 4.60. The number of anilines is 1. The summed E-state index contributed by atoms with van der Waals surface area (Å²) in [7, 11) is 1.67. The number of para-hydroxylation sites is 1. The maximum absolute atomic E-state index is 5.42. The average molecular weight is 323 g/mol. The minimum absolute atomic E-state index is 0.0705. The number of fused-ring (bicyclic) bond motifs is 2. The number of aryl methyl sites for hydroxylation is 1. The van der Waals surface area contributed by atoms with Crippen LogP contribution in [0.15, 0.2) is 30.5 Å². The molecular weight excluding hydrogens is 302 g/mol. The minimum atomic E-state index is 0.0705. The summed E-state index contributed by atoms with van der Waals surface area (Å²) in [6.45, 7) is 3.13. The molecular formula is C18H21N5O. The van der Waals surface area contributed by atoms with Gasteiger partial charge in [-0.15, -0.1) is 10.2 Å². The number of rotatable bonds is 4. The van der Waals surface area contributed by atoms with Gasteiger partial charge in [0.25, 0.3) is 0 Å². The summed E-state index contributed by atoms with van der Waals surface area (Å²) in [5, 5.41) is 13.4. The molecule has 124 valence electrons. The zero-order valence-electron chi connectivity index (χ0n) is 14.0. The first-order valence-electron chi connectivity index (χ1n) is 8.38. The van der Waals surface area contributed by atoms with Crippen molar-refractivity contribution in [3.05, 3.63) is 42.1 Å². The molecule has 1 aromatic carbocycles. The van der Waals surface area contributed by atoms with E-state index < -0.39 is 0 Å². The average Bonchev–Trinajstić information content (AvgIpc) is 3.05. The number of nitrogens with zero attached hydrogens (tertiary/aromatic N) is 4. The molecule has 0 spiro atoms. The minimum Gasteiger partial charge on any atom is -0.494 e. The molecule has 6 nitrogen and oxygen atoms in total. The molecule has 3 aromatic rings. The van der Waals surface area contributed by atoms with Crippen molar-refractivity contribution in [2.24, 2.45) is 0 Å². The van der Waals surface area contributed by atoms with Gasteiger partial charge in [0.2, 0.25) is 0 Å². The zero-order valence-corrected chi connectivity index (χ0v) is 14.0. The van der Waals surface area contributed by atoms with Crippen LogP contribution in [0.2, 0.25) is 0 Å². The molecule has 1 aliphatic rings. The van der Waals surface area contributed by atoms with Gasteiger partial charge in [0.15, 0.2) is 5.82 Å². The van der Waals surface area contributed by atoms with Crippen molar-refractivity contribution in [1.82, 2.24) is 19.7 Å². The molecule has 0 aliphatic carbocycles. The first-order valence-corrected chi connectivity index (χ1v) is 8.38. The van der Waals surface area contributed by atoms with E-state index in [0.717, 1.165) is 47.0 Å². The van der Waals surface area contributed by atoms with E-state index in [-0.39, 0.29) is 6.04 Å². The van der Waals surface area contributed by atoms with Crippen LogP contribution in [0.3, 0.4) is 0 Å². The molecule has 3 heterocycles. The lowest BCUT2D eigenvalue weighted by Crippen LogP contribution is -2.18. The normalized spacial score (nSPS) is 15.1. The second kappa shape index (κ2) is 6.11. The largest absolute Gasteiger partial charge is 0.494 e. The maximum atomic E-state index is 5.42. The van der Waals surface area contributed by atoms with E-state index >= 15 is 0 Å². The van der Waals surface area contributed by atoms with E-state index in [9.17, 15) is 0 Å². The second-order valence-corrected chi connectivity index (χ2v) is 6.16. The van der Waals surface area contributed by atoms with Crippen LogP contribution < -0.4 is 10.1 Å². The quantitative estimate of drug-likeness (QED) is 0.797. The Balaban J connectivity index is 1.68. The molecule has 1 atom stereocenters. The fourth-order valence-corrected chi connectivity index (χ4v) is 3.39. The molecule has 1 aliphatic heterocycles. The van der Waals surface area contributed by atoms with Crippen molar-refractivity contribution in [1.29, 1.82) is 0 Å². The standard InChI is InChI=1S/C18H21N5O/c1-12(18-22-21-16-8-3-4-11-23(16)18)20-14-9-10-19-17-13(14)6-5-7-15(17)24-2/h5-7,9-10,12H,3-4,8,11H2,1-2H3,(H,19,20). The van der Waals surface area contributed by atoms with Gasteiger partial charge in [0, 0.05) is 30.2 Å². The molecule has 0 saturated heterocycles. The molecule has 0 saturated carbocycles. The Labute approximate surface area is 140 Å². The van der Waals surface area contributed by atoms with E-state index in [1.54, 1.807) is 13.3 Å². The predicted octanol–water partition coefficient (Wildman–Crippen LogP) is 3.34. The van der Waals surface area contributed by atoms with Crippen molar-refractivity contribution in [2.75, 3.05) is 12.4 Å². The third kappa shape index (κ3) is 2.48. The molecule has 0 bridgehead atoms. The molecule has 0 amide bonds. The van der Waals surface area contributed by atoms with Crippen LogP contribution in [0.1, 0.15) is 37.5 Å². The highest BCUT2D eigenvalue weighted by molar-refractivity contribution is 5.94. The number of hydrogen-bond donors (Lipinski definition) is 1. The highest BCUT2D eigenvalue weighted by atomic mass is 16.5. The van der Waals surface area contributed by atoms with Crippen molar-refractivity contribution in [3.8, 4) is 5.75 Å². The van der Waals surface area contributed by atoms with Crippen LogP contribution in [0.4, 0.5) is 5.69 Å². The number of ether oxygens (including phenoxy) is 1. The predicted molar refractivity (Wildman–Crippen MR) is 93.3 cm³/mol. The smallest absolute Gasteiger partial charge is 0.155 e. The van der Waals surface area contributed by atoms with E-state index in [1.165, 1.54) is 12.8 Å². The fourth-order valence-electron chi connectivity index (χ4n) is 3.39. The van der Waals surface area contributed by atoms with Gasteiger partial charge in [0.1, 0.15) is 17.1 Å². The van der Waals surface area contributed by atoms with Gasteiger partial charge in [-0.25, -0.2) is 0 Å². The fraction of sp³-hybridized carbons (Fsp3) is 0.389. The summed E-state index contributed by atoms with van der Waals surface area (Å²) >= 11 is 0. The summed E-state index contributed by atoms with van der Waals surface area (Å²) in [4.78, 5) is 4.45. The molecule has 1 N–H and O–H groups in total. The van der Waals surface area contributed by atoms with Gasteiger partial charge in [0.05, 0.1) is 13.2 Å². The highest BCUT2D eigenvalue weighted by Gasteiger charge is 2.20. The Morgan fingerprint density at radius 1 is 1.21 bits per heavy atom. The molecule has 2 aromatic heterocycles. The monoisotopic (exact) mass is 323 g/mol. The third-order valence-electron chi connectivity index (χ3n) is 4.60. The maximum Gasteiger partial charge on any atom is 0.155 e. The molecule has 4 rings (SSSR count). The van der Waals surface area contributed by atoms with Crippen LogP contribution in [-0.2, 0) is 13.0 Å². The van der Waals surface area contributed by atoms with Gasteiger partial charge in [-0.3, -0.25) is 4.98 Å². The number of methoxy groups -OCH3 is 1. The lowest BCUT2D eigenvalue weighted by atomic mass is 10.1. The summed E-state index contributed by atoms with van der Waals surface area (Å²) < 4.78 is 7.67. The molecule has 1 unspecified atom stereocenters. The first kappa shape index (κ1) is 14.9. The summed E-state index contributed by atoms with van der Waals surface area (Å²) in [5.41, 5.74) is 1.89. The van der Waals surface area contributed by atoms with Crippen LogP contribution in [0.25, 0.3) is 10.9 Å². The first-order chi connectivity index (χ1) is 11.8.